The van der Waals surface area contributed by atoms with Gasteiger partial charge in [0, 0.05) is 13.1 Å². The molecule has 2 saturated heterocycles. The number of carbonyl (C=O) groups excluding carboxylic acids is 4. The smallest absolute Gasteiger partial charge is 0.407 e. The molecule has 2 aliphatic heterocycles. The molecule has 9 rings (SSSR count). The van der Waals surface area contributed by atoms with Crippen molar-refractivity contribution in [2.24, 2.45) is 11.8 Å². The predicted molar refractivity (Wildman–Crippen MR) is 246 cm³/mol. The van der Waals surface area contributed by atoms with Crippen LogP contribution in [0.25, 0.3) is 44.4 Å². The molecule has 4 heterocycles. The monoisotopic (exact) mass is 882 g/mol. The van der Waals surface area contributed by atoms with Gasteiger partial charge in [0.2, 0.25) is 11.8 Å². The number of benzene rings is 3. The molecule has 4 N–H and O–H groups in total. The number of nitrogens with one attached hydrogen (secondary N) is 4. The van der Waals surface area contributed by atoms with Crippen molar-refractivity contribution in [3.8, 4) is 33.5 Å². The van der Waals surface area contributed by atoms with Crippen molar-refractivity contribution in [3.05, 3.63) is 93.9 Å². The van der Waals surface area contributed by atoms with Gasteiger partial charge in [-0.15, -0.1) is 0 Å². The third kappa shape index (κ3) is 8.14. The molecule has 0 spiro atoms. The third-order valence-electron chi connectivity index (χ3n) is 14.2. The Morgan fingerprint density at radius 2 is 1.20 bits per heavy atom. The molecule has 15 nitrogen and oxygen atoms in total. The zero-order valence-electron chi connectivity index (χ0n) is 37.9. The number of amides is 4. The molecule has 3 fully saturated rings. The lowest BCUT2D eigenvalue weighted by Crippen LogP contribution is -2.51. The standard InChI is InChI=1S/C50H58N8O7/c1-26(2)42(54-49(62)64-5)47(60)57-21-7-9-38(57)44-51-25-37(53-44)29-13-11-28(12-14-29)33-18-19-34(41-32-16-15-31(23-32)40(33)41)30-17-20-36-35(24-30)46(59)56-45(52-36)39-10-8-22-58(39)48(61)43(27(3)4)55-50(63)65-6/h11-14,17-20,24-27,31-32,38-39,42-43H,7-10,15-16,21-23H2,1-6H3,(H,51,53)(H,54,62)(H,55,63)(H,52,56,59). The van der Waals surface area contributed by atoms with Crippen molar-refractivity contribution in [1.82, 2.24) is 40.4 Å². The predicted octanol–water partition coefficient (Wildman–Crippen LogP) is 8.10. The van der Waals surface area contributed by atoms with E-state index >= 15 is 0 Å². The van der Waals surface area contributed by atoms with E-state index in [0.717, 1.165) is 72.3 Å². The Balaban J connectivity index is 0.956. The van der Waals surface area contributed by atoms with Crippen LogP contribution in [0.2, 0.25) is 0 Å². The first-order chi connectivity index (χ1) is 31.3. The summed E-state index contributed by atoms with van der Waals surface area (Å²) in [6.07, 6.45) is 6.97. The van der Waals surface area contributed by atoms with Gasteiger partial charge in [-0.2, -0.15) is 0 Å². The minimum Gasteiger partial charge on any atom is -0.453 e. The van der Waals surface area contributed by atoms with Gasteiger partial charge in [-0.3, -0.25) is 14.4 Å². The number of aromatic amines is 2. The van der Waals surface area contributed by atoms with Crippen LogP contribution >= 0.6 is 0 Å². The highest BCUT2D eigenvalue weighted by atomic mass is 16.5. The van der Waals surface area contributed by atoms with Crippen LogP contribution in [0, 0.1) is 11.8 Å². The Labute approximate surface area is 378 Å². The Morgan fingerprint density at radius 1 is 0.677 bits per heavy atom. The second-order valence-corrected chi connectivity index (χ2v) is 18.7. The SMILES string of the molecule is COC(=O)NC(C(=O)N1CCCC1c1ncc(-c2ccc(-c3ccc(-c4ccc5nc(C6CCCN6C(=O)C(NC(=O)OC)C(C)C)[nH]c(=O)c5c4)c4c3C3CCC4C3)cc2)[nH]1)C(C)C. The van der Waals surface area contributed by atoms with E-state index in [1.54, 1.807) is 4.90 Å². The zero-order chi connectivity index (χ0) is 45.7. The van der Waals surface area contributed by atoms with Crippen LogP contribution in [0.3, 0.4) is 0 Å². The summed E-state index contributed by atoms with van der Waals surface area (Å²) in [5.41, 5.74) is 9.45. The number of carbonyl (C=O) groups is 4. The van der Waals surface area contributed by atoms with Gasteiger partial charge in [-0.25, -0.2) is 19.6 Å². The lowest BCUT2D eigenvalue weighted by molar-refractivity contribution is -0.136. The quantitative estimate of drug-likeness (QED) is 0.102. The molecule has 6 atom stereocenters. The van der Waals surface area contributed by atoms with Crippen molar-refractivity contribution in [2.75, 3.05) is 27.3 Å². The third-order valence-corrected chi connectivity index (χ3v) is 14.2. The van der Waals surface area contributed by atoms with E-state index in [9.17, 15) is 24.0 Å². The first-order valence-corrected chi connectivity index (χ1v) is 23.0. The maximum atomic E-state index is 13.9. The number of methoxy groups -OCH3 is 2. The number of hydrogen-bond donors (Lipinski definition) is 4. The number of aromatic nitrogens is 4. The van der Waals surface area contributed by atoms with E-state index in [2.05, 4.69) is 63.1 Å². The number of hydrogen-bond acceptors (Lipinski definition) is 9. The molecule has 4 amide bonds. The number of rotatable bonds is 11. The van der Waals surface area contributed by atoms with Crippen LogP contribution < -0.4 is 16.2 Å². The van der Waals surface area contributed by atoms with Crippen LogP contribution in [0.4, 0.5) is 9.59 Å². The van der Waals surface area contributed by atoms with E-state index in [4.69, 9.17) is 19.4 Å². The van der Waals surface area contributed by atoms with Crippen molar-refractivity contribution in [2.45, 2.75) is 109 Å². The lowest BCUT2D eigenvalue weighted by atomic mass is 9.81. The van der Waals surface area contributed by atoms with Gasteiger partial charge in [0.1, 0.15) is 23.7 Å². The number of H-pyrrole nitrogens is 2. The lowest BCUT2D eigenvalue weighted by Gasteiger charge is -2.30. The maximum absolute atomic E-state index is 13.9. The summed E-state index contributed by atoms with van der Waals surface area (Å²) in [7, 11) is 2.57. The number of imidazole rings is 1. The molecule has 2 bridgehead atoms. The fourth-order valence-corrected chi connectivity index (χ4v) is 10.9. The van der Waals surface area contributed by atoms with Crippen LogP contribution in [-0.4, -0.2) is 93.1 Å². The summed E-state index contributed by atoms with van der Waals surface area (Å²) in [5.74, 6) is 1.44. The number of likely N-dealkylation sites (tertiary alicyclic amines) is 2. The van der Waals surface area contributed by atoms with Crippen molar-refractivity contribution >= 4 is 34.9 Å². The molecule has 4 aliphatic rings. The maximum Gasteiger partial charge on any atom is 0.407 e. The van der Waals surface area contributed by atoms with Gasteiger partial charge in [-0.1, -0.05) is 70.2 Å². The first-order valence-electron chi connectivity index (χ1n) is 23.0. The molecule has 340 valence electrons. The molecule has 6 unspecified atom stereocenters. The summed E-state index contributed by atoms with van der Waals surface area (Å²) >= 11 is 0. The Bertz CT molecular complexity index is 2710. The van der Waals surface area contributed by atoms with Crippen molar-refractivity contribution < 1.29 is 28.7 Å². The molecule has 3 aromatic carbocycles. The molecule has 2 aromatic heterocycles. The van der Waals surface area contributed by atoms with Gasteiger partial charge < -0.3 is 39.9 Å². The first kappa shape index (κ1) is 43.7. The molecular weight excluding hydrogens is 825 g/mol. The van der Waals surface area contributed by atoms with E-state index in [1.165, 1.54) is 30.9 Å². The van der Waals surface area contributed by atoms with Gasteiger partial charge >= 0.3 is 12.2 Å². The molecule has 15 heteroatoms. The average molecular weight is 883 g/mol. The Hall–Kier alpha value is -6.51. The summed E-state index contributed by atoms with van der Waals surface area (Å²) in [6, 6.07) is 16.8. The minimum absolute atomic E-state index is 0.114. The Kier molecular flexibility index (Phi) is 12.0. The second-order valence-electron chi connectivity index (χ2n) is 18.7. The Morgan fingerprint density at radius 3 is 1.75 bits per heavy atom. The van der Waals surface area contributed by atoms with E-state index in [0.29, 0.717) is 48.1 Å². The second kappa shape index (κ2) is 17.8. The minimum atomic E-state index is -0.769. The van der Waals surface area contributed by atoms with Gasteiger partial charge in [0.25, 0.3) is 5.56 Å². The zero-order valence-corrected chi connectivity index (χ0v) is 37.9. The molecular formula is C50H58N8O7. The normalized spacial score (nSPS) is 20.9. The summed E-state index contributed by atoms with van der Waals surface area (Å²) in [5, 5.41) is 5.89. The fourth-order valence-electron chi connectivity index (χ4n) is 10.9. The van der Waals surface area contributed by atoms with E-state index in [-0.39, 0.29) is 35.3 Å². The van der Waals surface area contributed by atoms with Crippen LogP contribution in [-0.2, 0) is 19.1 Å². The summed E-state index contributed by atoms with van der Waals surface area (Å²) < 4.78 is 9.57. The summed E-state index contributed by atoms with van der Waals surface area (Å²) in [6.45, 7) is 8.65. The number of ether oxygens (including phenoxy) is 2. The van der Waals surface area contributed by atoms with Crippen LogP contribution in [0.15, 0.2) is 65.6 Å². The highest BCUT2D eigenvalue weighted by molar-refractivity contribution is 5.89. The van der Waals surface area contributed by atoms with Gasteiger partial charge in [0.05, 0.1) is 49.1 Å². The molecule has 0 radical (unpaired) electrons. The number of fused-ring (bicyclic) bond motifs is 6. The number of alkyl carbamates (subject to hydrolysis) is 2. The van der Waals surface area contributed by atoms with Crippen LogP contribution in [0.1, 0.15) is 119 Å². The summed E-state index contributed by atoms with van der Waals surface area (Å²) in [4.78, 5) is 85.1. The van der Waals surface area contributed by atoms with E-state index < -0.39 is 30.3 Å². The topological polar surface area (TPSA) is 192 Å². The number of nitrogens with zero attached hydrogens (tertiary/aromatic N) is 4. The van der Waals surface area contributed by atoms with Crippen molar-refractivity contribution in [1.29, 1.82) is 0 Å². The average Bonchev–Trinajstić information content (AvgIpc) is 4.18. The van der Waals surface area contributed by atoms with E-state index in [1.807, 2.05) is 50.9 Å². The van der Waals surface area contributed by atoms with Crippen molar-refractivity contribution in [3.63, 3.8) is 0 Å². The fraction of sp³-hybridized carbons (Fsp3) is 0.460. The molecule has 5 aromatic rings. The largest absolute Gasteiger partial charge is 0.453 e. The highest BCUT2D eigenvalue weighted by Gasteiger charge is 2.42. The highest BCUT2D eigenvalue weighted by Crippen LogP contribution is 2.58. The van der Waals surface area contributed by atoms with Gasteiger partial charge in [0.15, 0.2) is 0 Å². The van der Waals surface area contributed by atoms with Crippen LogP contribution in [0.5, 0.6) is 0 Å². The molecule has 2 aliphatic carbocycles. The molecule has 1 saturated carbocycles. The van der Waals surface area contributed by atoms with Gasteiger partial charge in [-0.05, 0) is 120 Å². The molecule has 65 heavy (non-hydrogen) atoms.